The van der Waals surface area contributed by atoms with E-state index in [1.807, 2.05) is 39.8 Å². The van der Waals surface area contributed by atoms with Crippen LogP contribution in [-0.2, 0) is 0 Å². The highest BCUT2D eigenvalue weighted by Crippen LogP contribution is 2.24. The number of amidine groups is 1. The molecular weight excluding hydrogens is 268 g/mol. The zero-order chi connectivity index (χ0) is 15.9. The zero-order valence-corrected chi connectivity index (χ0v) is 13.3. The molecule has 0 atom stereocenters. The Kier molecular flexibility index (Phi) is 6.27. The quantitative estimate of drug-likeness (QED) is 0.225. The molecule has 0 amide bonds. The smallest absolute Gasteiger partial charge is 0.237 e. The van der Waals surface area contributed by atoms with Gasteiger partial charge in [-0.1, -0.05) is 19.0 Å². The molecule has 4 N–H and O–H groups in total. The second-order valence-corrected chi connectivity index (χ2v) is 5.92. The third-order valence-electron chi connectivity index (χ3n) is 3.21. The van der Waals surface area contributed by atoms with Gasteiger partial charge in [0.2, 0.25) is 5.88 Å². The number of hydrogen-bond acceptors (Lipinski definition) is 5. The van der Waals surface area contributed by atoms with Gasteiger partial charge >= 0.3 is 0 Å². The van der Waals surface area contributed by atoms with Crippen molar-refractivity contribution >= 4 is 11.5 Å². The van der Waals surface area contributed by atoms with Crippen molar-refractivity contribution < 1.29 is 9.94 Å². The molecule has 1 heterocycles. The van der Waals surface area contributed by atoms with E-state index in [-0.39, 0.29) is 17.4 Å². The van der Waals surface area contributed by atoms with Crippen molar-refractivity contribution in [2.75, 3.05) is 11.9 Å². The molecule has 118 valence electrons. The van der Waals surface area contributed by atoms with Crippen molar-refractivity contribution in [2.24, 2.45) is 16.3 Å². The minimum absolute atomic E-state index is 0.0833. The fraction of sp³-hybridized carbons (Fsp3) is 0.600. The molecule has 0 aliphatic heterocycles. The van der Waals surface area contributed by atoms with Crippen LogP contribution >= 0.6 is 0 Å². The van der Waals surface area contributed by atoms with Crippen LogP contribution < -0.4 is 15.8 Å². The maximum atomic E-state index is 8.75. The van der Waals surface area contributed by atoms with Crippen LogP contribution in [-0.4, -0.2) is 28.7 Å². The Bertz CT molecular complexity index is 472. The summed E-state index contributed by atoms with van der Waals surface area (Å²) >= 11 is 0. The van der Waals surface area contributed by atoms with Crippen LogP contribution in [0.1, 0.15) is 40.5 Å². The van der Waals surface area contributed by atoms with E-state index in [4.69, 9.17) is 15.7 Å². The molecule has 1 aromatic rings. The van der Waals surface area contributed by atoms with E-state index >= 15 is 0 Å². The first kappa shape index (κ1) is 17.1. The number of nitrogens with zero attached hydrogens (tertiary/aromatic N) is 2. The van der Waals surface area contributed by atoms with Gasteiger partial charge in [-0.3, -0.25) is 0 Å². The van der Waals surface area contributed by atoms with Crippen LogP contribution in [0, 0.1) is 5.41 Å². The summed E-state index contributed by atoms with van der Waals surface area (Å²) in [4.78, 5) is 4.23. The molecule has 0 saturated heterocycles. The van der Waals surface area contributed by atoms with Gasteiger partial charge < -0.3 is 21.0 Å². The van der Waals surface area contributed by atoms with Crippen LogP contribution in [0.5, 0.6) is 5.88 Å². The lowest BCUT2D eigenvalue weighted by atomic mass is 9.86. The fourth-order valence-corrected chi connectivity index (χ4v) is 1.86. The SMILES string of the molecule is CC(C)Oc1ncccc1NCCCC(C)(C)C(N)=NO. The van der Waals surface area contributed by atoms with Crippen LogP contribution in [0.15, 0.2) is 23.5 Å². The number of oxime groups is 1. The van der Waals surface area contributed by atoms with Gasteiger partial charge in [-0.25, -0.2) is 4.98 Å². The van der Waals surface area contributed by atoms with E-state index in [2.05, 4.69) is 15.5 Å². The average molecular weight is 294 g/mol. The summed E-state index contributed by atoms with van der Waals surface area (Å²) in [6.07, 6.45) is 3.50. The Balaban J connectivity index is 2.50. The van der Waals surface area contributed by atoms with Crippen LogP contribution in [0.3, 0.4) is 0 Å². The normalized spacial score (nSPS) is 12.5. The first-order chi connectivity index (χ1) is 9.86. The van der Waals surface area contributed by atoms with Crippen molar-refractivity contribution in [3.8, 4) is 5.88 Å². The number of hydrogen-bond donors (Lipinski definition) is 3. The maximum absolute atomic E-state index is 8.75. The lowest BCUT2D eigenvalue weighted by Crippen LogP contribution is -2.32. The Morgan fingerprint density at radius 2 is 2.24 bits per heavy atom. The summed E-state index contributed by atoms with van der Waals surface area (Å²) in [7, 11) is 0. The van der Waals surface area contributed by atoms with Gasteiger partial charge in [0.15, 0.2) is 0 Å². The number of nitrogens with two attached hydrogens (primary N) is 1. The molecule has 0 aliphatic carbocycles. The van der Waals surface area contributed by atoms with E-state index < -0.39 is 0 Å². The van der Waals surface area contributed by atoms with Gasteiger partial charge in [0.25, 0.3) is 0 Å². The lowest BCUT2D eigenvalue weighted by molar-refractivity contribution is 0.234. The summed E-state index contributed by atoms with van der Waals surface area (Å²) in [6, 6.07) is 3.81. The summed E-state index contributed by atoms with van der Waals surface area (Å²) in [5.74, 6) is 0.871. The molecule has 6 heteroatoms. The Hall–Kier alpha value is -1.98. The number of ether oxygens (including phenoxy) is 1. The van der Waals surface area contributed by atoms with Crippen molar-refractivity contribution in [1.29, 1.82) is 0 Å². The molecule has 0 aromatic carbocycles. The monoisotopic (exact) mass is 294 g/mol. The molecule has 1 rings (SSSR count). The summed E-state index contributed by atoms with van der Waals surface area (Å²) < 4.78 is 5.65. The van der Waals surface area contributed by atoms with Crippen molar-refractivity contribution in [2.45, 2.75) is 46.6 Å². The molecule has 0 radical (unpaired) electrons. The summed E-state index contributed by atoms with van der Waals surface area (Å²) in [5.41, 5.74) is 6.24. The highest BCUT2D eigenvalue weighted by Gasteiger charge is 2.22. The highest BCUT2D eigenvalue weighted by atomic mass is 16.5. The average Bonchev–Trinajstić information content (AvgIpc) is 2.43. The van der Waals surface area contributed by atoms with E-state index in [1.165, 1.54) is 0 Å². The Morgan fingerprint density at radius 3 is 2.86 bits per heavy atom. The molecule has 6 nitrogen and oxygen atoms in total. The minimum atomic E-state index is -0.317. The van der Waals surface area contributed by atoms with Gasteiger partial charge in [0, 0.05) is 18.2 Å². The molecule has 0 aliphatic rings. The van der Waals surface area contributed by atoms with Gasteiger partial charge in [-0.15, -0.1) is 0 Å². The summed E-state index contributed by atoms with van der Waals surface area (Å²) in [5, 5.41) is 15.2. The third kappa shape index (κ3) is 5.49. The molecule has 0 fully saturated rings. The lowest BCUT2D eigenvalue weighted by Gasteiger charge is -2.22. The van der Waals surface area contributed by atoms with E-state index in [9.17, 15) is 0 Å². The van der Waals surface area contributed by atoms with Gasteiger partial charge in [-0.2, -0.15) is 0 Å². The van der Waals surface area contributed by atoms with E-state index in [0.717, 1.165) is 25.1 Å². The van der Waals surface area contributed by atoms with Crippen molar-refractivity contribution in [3.63, 3.8) is 0 Å². The second-order valence-electron chi connectivity index (χ2n) is 5.92. The fourth-order valence-electron chi connectivity index (χ4n) is 1.86. The van der Waals surface area contributed by atoms with Crippen LogP contribution in [0.2, 0.25) is 0 Å². The third-order valence-corrected chi connectivity index (χ3v) is 3.21. The number of aromatic nitrogens is 1. The predicted octanol–water partition coefficient (Wildman–Crippen LogP) is 2.83. The number of nitrogens with one attached hydrogen (secondary N) is 1. The molecule has 1 aromatic heterocycles. The van der Waals surface area contributed by atoms with Gasteiger partial charge in [-0.05, 0) is 38.8 Å². The largest absolute Gasteiger partial charge is 0.473 e. The molecule has 21 heavy (non-hydrogen) atoms. The number of anilines is 1. The van der Waals surface area contributed by atoms with Crippen molar-refractivity contribution in [3.05, 3.63) is 18.3 Å². The van der Waals surface area contributed by atoms with Crippen LogP contribution in [0.25, 0.3) is 0 Å². The minimum Gasteiger partial charge on any atom is -0.473 e. The van der Waals surface area contributed by atoms with E-state index in [0.29, 0.717) is 5.88 Å². The second kappa shape index (κ2) is 7.71. The Morgan fingerprint density at radius 1 is 1.52 bits per heavy atom. The van der Waals surface area contributed by atoms with Gasteiger partial charge in [0.05, 0.1) is 11.8 Å². The predicted molar refractivity (Wildman–Crippen MR) is 84.9 cm³/mol. The molecule has 0 bridgehead atoms. The van der Waals surface area contributed by atoms with Crippen LogP contribution in [0.4, 0.5) is 5.69 Å². The maximum Gasteiger partial charge on any atom is 0.237 e. The molecule has 0 unspecified atom stereocenters. The molecule has 0 spiro atoms. The molecule has 0 saturated carbocycles. The number of rotatable bonds is 8. The van der Waals surface area contributed by atoms with Gasteiger partial charge in [0.1, 0.15) is 5.84 Å². The van der Waals surface area contributed by atoms with Crippen molar-refractivity contribution in [1.82, 2.24) is 4.98 Å². The highest BCUT2D eigenvalue weighted by molar-refractivity contribution is 5.85. The first-order valence-corrected chi connectivity index (χ1v) is 7.20. The standard InChI is InChI=1S/C15H26N4O2/c1-11(2)21-13-12(7-5-9-18-13)17-10-6-8-15(3,4)14(16)19-20/h5,7,9,11,17,20H,6,8,10H2,1-4H3,(H2,16,19). The summed E-state index contributed by atoms with van der Waals surface area (Å²) in [6.45, 7) is 8.62. The zero-order valence-electron chi connectivity index (χ0n) is 13.3. The number of pyridine rings is 1. The molecular formula is C15H26N4O2. The first-order valence-electron chi connectivity index (χ1n) is 7.20. The Labute approximate surface area is 126 Å². The van der Waals surface area contributed by atoms with E-state index in [1.54, 1.807) is 6.20 Å². The topological polar surface area (TPSA) is 92.8 Å².